The zero-order valence-corrected chi connectivity index (χ0v) is 14.1. The number of nitro groups is 1. The summed E-state index contributed by atoms with van der Waals surface area (Å²) in [5, 5.41) is 11.7. The van der Waals surface area contributed by atoms with E-state index in [1.807, 2.05) is 0 Å². The molecule has 6 nitrogen and oxygen atoms in total. The molecule has 1 N–H and O–H groups in total. The average molecular weight is 333 g/mol. The molecule has 0 radical (unpaired) electrons. The Morgan fingerprint density at radius 1 is 1.35 bits per heavy atom. The number of H-pyrrole nitrogens is 1. The first-order valence-corrected chi connectivity index (χ1v) is 8.28. The Morgan fingerprint density at radius 3 is 2.57 bits per heavy atom. The van der Waals surface area contributed by atoms with Gasteiger partial charge in [0.05, 0.1) is 10.6 Å². The Hall–Kier alpha value is -2.15. The van der Waals surface area contributed by atoms with Gasteiger partial charge in [-0.2, -0.15) is 0 Å². The Labute approximate surface area is 138 Å². The number of nitro benzene ring substituents is 1. The highest BCUT2D eigenvalue weighted by atomic mass is 32.2. The van der Waals surface area contributed by atoms with Crippen LogP contribution in [0.2, 0.25) is 0 Å². The molecule has 0 aliphatic heterocycles. The minimum absolute atomic E-state index is 0.0531. The van der Waals surface area contributed by atoms with Gasteiger partial charge < -0.3 is 4.98 Å². The van der Waals surface area contributed by atoms with Crippen molar-refractivity contribution in [2.75, 3.05) is 0 Å². The predicted molar refractivity (Wildman–Crippen MR) is 91.1 cm³/mol. The van der Waals surface area contributed by atoms with Crippen LogP contribution in [0.5, 0.6) is 0 Å². The first-order valence-electron chi connectivity index (χ1n) is 7.40. The van der Waals surface area contributed by atoms with Gasteiger partial charge in [-0.3, -0.25) is 14.9 Å². The lowest BCUT2D eigenvalue weighted by atomic mass is 10.1. The standard InChI is InChI=1S/C16H19N3O3S/c1-4-10(2)23-16-17-14(11(3)15(20)18-16)9-12-5-7-13(8-6-12)19(21)22/h5-8,10H,4,9H2,1-3H3,(H,17,18,20)/t10-/m1/s1. The quantitative estimate of drug-likeness (QED) is 0.378. The van der Waals surface area contributed by atoms with Gasteiger partial charge in [0.25, 0.3) is 11.2 Å². The highest BCUT2D eigenvalue weighted by molar-refractivity contribution is 7.99. The molecule has 7 heteroatoms. The number of aromatic nitrogens is 2. The second-order valence-electron chi connectivity index (χ2n) is 5.38. The fraction of sp³-hybridized carbons (Fsp3) is 0.375. The van der Waals surface area contributed by atoms with E-state index in [1.165, 1.54) is 12.1 Å². The third-order valence-corrected chi connectivity index (χ3v) is 4.79. The number of rotatable bonds is 6. The molecule has 0 aliphatic carbocycles. The zero-order valence-electron chi connectivity index (χ0n) is 13.3. The minimum atomic E-state index is -0.429. The molecule has 0 saturated heterocycles. The summed E-state index contributed by atoms with van der Waals surface area (Å²) in [6, 6.07) is 6.32. The lowest BCUT2D eigenvalue weighted by Gasteiger charge is -2.10. The summed E-state index contributed by atoms with van der Waals surface area (Å²) in [6.07, 6.45) is 1.46. The van der Waals surface area contributed by atoms with Crippen molar-refractivity contribution in [2.24, 2.45) is 0 Å². The first kappa shape index (κ1) is 17.2. The molecule has 2 aromatic rings. The van der Waals surface area contributed by atoms with E-state index >= 15 is 0 Å². The van der Waals surface area contributed by atoms with Crippen LogP contribution >= 0.6 is 11.8 Å². The normalized spacial score (nSPS) is 12.1. The fourth-order valence-electron chi connectivity index (χ4n) is 1.99. The monoisotopic (exact) mass is 333 g/mol. The molecule has 0 bridgehead atoms. The molecule has 0 fully saturated rings. The topological polar surface area (TPSA) is 88.9 Å². The molecule has 0 aliphatic rings. The molecule has 122 valence electrons. The summed E-state index contributed by atoms with van der Waals surface area (Å²) in [4.78, 5) is 29.7. The maximum atomic E-state index is 12.1. The van der Waals surface area contributed by atoms with E-state index in [2.05, 4.69) is 23.8 Å². The van der Waals surface area contributed by atoms with Crippen molar-refractivity contribution in [1.82, 2.24) is 9.97 Å². The van der Waals surface area contributed by atoms with Gasteiger partial charge in [-0.05, 0) is 18.9 Å². The molecule has 0 amide bonds. The van der Waals surface area contributed by atoms with Gasteiger partial charge in [0.15, 0.2) is 5.16 Å². The molecule has 1 aromatic carbocycles. The van der Waals surface area contributed by atoms with Gasteiger partial charge >= 0.3 is 0 Å². The number of nitrogens with zero attached hydrogens (tertiary/aromatic N) is 2. The maximum absolute atomic E-state index is 12.1. The van der Waals surface area contributed by atoms with Crippen LogP contribution in [-0.4, -0.2) is 20.1 Å². The van der Waals surface area contributed by atoms with Gasteiger partial charge in [-0.25, -0.2) is 4.98 Å². The second kappa shape index (κ2) is 7.41. The van der Waals surface area contributed by atoms with Crippen molar-refractivity contribution in [1.29, 1.82) is 0 Å². The number of aromatic amines is 1. The molecule has 1 aromatic heterocycles. The summed E-state index contributed by atoms with van der Waals surface area (Å²) in [5.41, 5.74) is 2.08. The van der Waals surface area contributed by atoms with Crippen LogP contribution in [0.15, 0.2) is 34.2 Å². The largest absolute Gasteiger partial charge is 0.301 e. The summed E-state index contributed by atoms with van der Waals surface area (Å²) in [6.45, 7) is 5.91. The van der Waals surface area contributed by atoms with Crippen LogP contribution in [0.1, 0.15) is 37.1 Å². The van der Waals surface area contributed by atoms with Crippen LogP contribution in [0, 0.1) is 17.0 Å². The number of non-ortho nitro benzene ring substituents is 1. The number of hydrogen-bond acceptors (Lipinski definition) is 5. The van der Waals surface area contributed by atoms with Crippen LogP contribution in [0.4, 0.5) is 5.69 Å². The molecule has 1 atom stereocenters. The Kier molecular flexibility index (Phi) is 5.54. The molecule has 0 spiro atoms. The van der Waals surface area contributed by atoms with Gasteiger partial charge in [0, 0.05) is 29.4 Å². The van der Waals surface area contributed by atoms with Crippen LogP contribution < -0.4 is 5.56 Å². The summed E-state index contributed by atoms with van der Waals surface area (Å²) in [7, 11) is 0. The number of thioether (sulfide) groups is 1. The Balaban J connectivity index is 2.27. The lowest BCUT2D eigenvalue weighted by Crippen LogP contribution is -2.16. The molecule has 1 heterocycles. The summed E-state index contributed by atoms with van der Waals surface area (Å²) < 4.78 is 0. The average Bonchev–Trinajstić information content (AvgIpc) is 2.52. The van der Waals surface area contributed by atoms with E-state index in [0.29, 0.717) is 28.1 Å². The van der Waals surface area contributed by atoms with Crippen molar-refractivity contribution >= 4 is 17.4 Å². The molecule has 0 unspecified atom stereocenters. The van der Waals surface area contributed by atoms with Crippen molar-refractivity contribution in [3.63, 3.8) is 0 Å². The van der Waals surface area contributed by atoms with Crippen molar-refractivity contribution in [3.8, 4) is 0 Å². The van der Waals surface area contributed by atoms with Crippen LogP contribution in [0.25, 0.3) is 0 Å². The van der Waals surface area contributed by atoms with E-state index in [-0.39, 0.29) is 11.2 Å². The molecule has 0 saturated carbocycles. The SMILES string of the molecule is CC[C@@H](C)Sc1nc(Cc2ccc([N+](=O)[O-])cc2)c(C)c(=O)[nH]1. The highest BCUT2D eigenvalue weighted by Crippen LogP contribution is 2.22. The predicted octanol–water partition coefficient (Wildman–Crippen LogP) is 3.47. The minimum Gasteiger partial charge on any atom is -0.301 e. The van der Waals surface area contributed by atoms with E-state index in [1.54, 1.807) is 30.8 Å². The number of benzene rings is 1. The Bertz CT molecular complexity index is 756. The number of nitrogens with one attached hydrogen (secondary N) is 1. The summed E-state index contributed by atoms with van der Waals surface area (Å²) in [5.74, 6) is 0. The van der Waals surface area contributed by atoms with Crippen molar-refractivity contribution in [2.45, 2.75) is 44.0 Å². The van der Waals surface area contributed by atoms with Crippen LogP contribution in [-0.2, 0) is 6.42 Å². The molecular weight excluding hydrogens is 314 g/mol. The van der Waals surface area contributed by atoms with Crippen LogP contribution in [0.3, 0.4) is 0 Å². The number of hydrogen-bond donors (Lipinski definition) is 1. The van der Waals surface area contributed by atoms with Crippen molar-refractivity contribution in [3.05, 3.63) is 61.6 Å². The van der Waals surface area contributed by atoms with Gasteiger partial charge in [-0.15, -0.1) is 0 Å². The highest BCUT2D eigenvalue weighted by Gasteiger charge is 2.12. The molecule has 2 rings (SSSR count). The van der Waals surface area contributed by atoms with Crippen molar-refractivity contribution < 1.29 is 4.92 Å². The van der Waals surface area contributed by atoms with E-state index in [4.69, 9.17) is 0 Å². The molecular formula is C16H19N3O3S. The lowest BCUT2D eigenvalue weighted by molar-refractivity contribution is -0.384. The third-order valence-electron chi connectivity index (χ3n) is 3.64. The summed E-state index contributed by atoms with van der Waals surface area (Å²) >= 11 is 1.54. The molecule has 23 heavy (non-hydrogen) atoms. The second-order valence-corrected chi connectivity index (χ2v) is 6.81. The van der Waals surface area contributed by atoms with Gasteiger partial charge in [0.1, 0.15) is 0 Å². The van der Waals surface area contributed by atoms with Gasteiger partial charge in [-0.1, -0.05) is 37.7 Å². The first-order chi connectivity index (χ1) is 10.9. The Morgan fingerprint density at radius 2 is 2.00 bits per heavy atom. The van der Waals surface area contributed by atoms with E-state index in [9.17, 15) is 14.9 Å². The van der Waals surface area contributed by atoms with Gasteiger partial charge in [0.2, 0.25) is 0 Å². The maximum Gasteiger partial charge on any atom is 0.269 e. The smallest absolute Gasteiger partial charge is 0.269 e. The van der Waals surface area contributed by atoms with E-state index < -0.39 is 4.92 Å². The zero-order chi connectivity index (χ0) is 17.0. The third kappa shape index (κ3) is 4.41. The fourth-order valence-corrected chi connectivity index (χ4v) is 2.85. The van der Waals surface area contributed by atoms with E-state index in [0.717, 1.165) is 12.0 Å².